The van der Waals surface area contributed by atoms with Gasteiger partial charge in [-0.3, -0.25) is 14.3 Å². The molecular weight excluding hydrogens is 419 g/mol. The standard InChI is InChI=1S/C17H19IN4O2/c1-21-15(17(24)22-9-5-2-6-10-22)14(11-19-21)20-16(23)12-7-3-4-8-13(12)18/h3-4,7-8,11H,2,5-6,9-10H2,1H3,(H,20,23). The number of anilines is 1. The molecule has 1 fully saturated rings. The van der Waals surface area contributed by atoms with E-state index in [2.05, 4.69) is 33.0 Å². The number of piperidine rings is 1. The number of halogens is 1. The maximum Gasteiger partial charge on any atom is 0.274 e. The Hall–Kier alpha value is -1.90. The zero-order valence-electron chi connectivity index (χ0n) is 13.5. The van der Waals surface area contributed by atoms with Crippen LogP contribution in [0.4, 0.5) is 5.69 Å². The first kappa shape index (κ1) is 16.9. The lowest BCUT2D eigenvalue weighted by Crippen LogP contribution is -2.37. The number of nitrogens with one attached hydrogen (secondary N) is 1. The van der Waals surface area contributed by atoms with Crippen LogP contribution in [0.15, 0.2) is 30.5 Å². The SMILES string of the molecule is Cn1ncc(NC(=O)c2ccccc2I)c1C(=O)N1CCCCC1. The molecule has 1 aliphatic heterocycles. The van der Waals surface area contributed by atoms with Crippen molar-refractivity contribution >= 4 is 40.1 Å². The number of benzene rings is 1. The minimum absolute atomic E-state index is 0.0761. The number of hydrogen-bond donors (Lipinski definition) is 1. The highest BCUT2D eigenvalue weighted by atomic mass is 127. The topological polar surface area (TPSA) is 67.2 Å². The number of carbonyl (C=O) groups excluding carboxylic acids is 2. The smallest absolute Gasteiger partial charge is 0.274 e. The molecule has 2 amide bonds. The highest BCUT2D eigenvalue weighted by Crippen LogP contribution is 2.21. The van der Waals surface area contributed by atoms with E-state index in [1.165, 1.54) is 10.9 Å². The van der Waals surface area contributed by atoms with E-state index in [0.717, 1.165) is 35.9 Å². The number of aryl methyl sites for hydroxylation is 1. The normalized spacial score (nSPS) is 14.5. The molecular formula is C17H19IN4O2. The van der Waals surface area contributed by atoms with E-state index in [0.29, 0.717) is 16.9 Å². The lowest BCUT2D eigenvalue weighted by atomic mass is 10.1. The second-order valence-electron chi connectivity index (χ2n) is 5.82. The van der Waals surface area contributed by atoms with Gasteiger partial charge in [0.05, 0.1) is 17.4 Å². The van der Waals surface area contributed by atoms with E-state index in [1.807, 2.05) is 23.1 Å². The Morgan fingerprint density at radius 2 is 1.88 bits per heavy atom. The fourth-order valence-corrected chi connectivity index (χ4v) is 3.50. The van der Waals surface area contributed by atoms with Gasteiger partial charge in [-0.05, 0) is 54.0 Å². The highest BCUT2D eigenvalue weighted by molar-refractivity contribution is 14.1. The number of amides is 2. The molecule has 0 atom stereocenters. The van der Waals surface area contributed by atoms with Crippen LogP contribution in [0.25, 0.3) is 0 Å². The summed E-state index contributed by atoms with van der Waals surface area (Å²) < 4.78 is 2.39. The number of carbonyl (C=O) groups is 2. The number of hydrogen-bond acceptors (Lipinski definition) is 3. The molecule has 2 aromatic rings. The molecule has 7 heteroatoms. The molecule has 1 N–H and O–H groups in total. The third-order valence-corrected chi connectivity index (χ3v) is 5.09. The second-order valence-corrected chi connectivity index (χ2v) is 6.98. The van der Waals surface area contributed by atoms with Crippen molar-refractivity contribution in [1.29, 1.82) is 0 Å². The first-order chi connectivity index (χ1) is 11.6. The van der Waals surface area contributed by atoms with Gasteiger partial charge in [0.2, 0.25) is 0 Å². The minimum Gasteiger partial charge on any atom is -0.337 e. The summed E-state index contributed by atoms with van der Waals surface area (Å²) in [7, 11) is 1.72. The summed E-state index contributed by atoms with van der Waals surface area (Å²) in [5.74, 6) is -0.312. The van der Waals surface area contributed by atoms with Crippen LogP contribution in [0.5, 0.6) is 0 Å². The Balaban J connectivity index is 1.83. The fraction of sp³-hybridized carbons (Fsp3) is 0.353. The number of rotatable bonds is 3. The van der Waals surface area contributed by atoms with Crippen molar-refractivity contribution in [1.82, 2.24) is 14.7 Å². The van der Waals surface area contributed by atoms with Crippen LogP contribution in [-0.4, -0.2) is 39.6 Å². The van der Waals surface area contributed by atoms with Crippen LogP contribution < -0.4 is 5.32 Å². The van der Waals surface area contributed by atoms with Crippen molar-refractivity contribution in [3.8, 4) is 0 Å². The van der Waals surface area contributed by atoms with Crippen LogP contribution >= 0.6 is 22.6 Å². The molecule has 1 aliphatic rings. The van der Waals surface area contributed by atoms with E-state index in [9.17, 15) is 9.59 Å². The van der Waals surface area contributed by atoms with E-state index >= 15 is 0 Å². The molecule has 0 aliphatic carbocycles. The Labute approximate surface area is 154 Å². The maximum atomic E-state index is 12.8. The first-order valence-corrected chi connectivity index (χ1v) is 9.03. The summed E-state index contributed by atoms with van der Waals surface area (Å²) in [6, 6.07) is 7.34. The van der Waals surface area contributed by atoms with Gasteiger partial charge in [-0.25, -0.2) is 0 Å². The summed E-state index contributed by atoms with van der Waals surface area (Å²) in [6.45, 7) is 1.52. The Bertz CT molecular complexity index is 766. The van der Waals surface area contributed by atoms with Crippen molar-refractivity contribution in [2.24, 2.45) is 7.05 Å². The van der Waals surface area contributed by atoms with E-state index in [1.54, 1.807) is 13.1 Å². The Morgan fingerprint density at radius 3 is 2.58 bits per heavy atom. The molecule has 1 aromatic carbocycles. The number of nitrogens with zero attached hydrogens (tertiary/aromatic N) is 3. The fourth-order valence-electron chi connectivity index (χ4n) is 2.86. The summed E-state index contributed by atoms with van der Waals surface area (Å²) >= 11 is 2.12. The van der Waals surface area contributed by atoms with Crippen molar-refractivity contribution in [3.63, 3.8) is 0 Å². The Kier molecular flexibility index (Phi) is 5.17. The third-order valence-electron chi connectivity index (χ3n) is 4.15. The van der Waals surface area contributed by atoms with Crippen LogP contribution in [0.3, 0.4) is 0 Å². The van der Waals surface area contributed by atoms with Crippen LogP contribution in [0.2, 0.25) is 0 Å². The molecule has 0 unspecified atom stereocenters. The van der Waals surface area contributed by atoms with Gasteiger partial charge in [-0.2, -0.15) is 5.10 Å². The molecule has 0 radical (unpaired) electrons. The van der Waals surface area contributed by atoms with Crippen LogP contribution in [0, 0.1) is 3.57 Å². The quantitative estimate of drug-likeness (QED) is 0.750. The van der Waals surface area contributed by atoms with Crippen molar-refractivity contribution in [2.45, 2.75) is 19.3 Å². The van der Waals surface area contributed by atoms with E-state index in [-0.39, 0.29) is 11.8 Å². The molecule has 24 heavy (non-hydrogen) atoms. The van der Waals surface area contributed by atoms with E-state index < -0.39 is 0 Å². The summed E-state index contributed by atoms with van der Waals surface area (Å²) in [6.07, 6.45) is 4.73. The monoisotopic (exact) mass is 438 g/mol. The van der Waals surface area contributed by atoms with Gasteiger partial charge in [0.1, 0.15) is 5.69 Å². The molecule has 2 heterocycles. The van der Waals surface area contributed by atoms with Gasteiger partial charge in [0.25, 0.3) is 11.8 Å². The zero-order valence-corrected chi connectivity index (χ0v) is 15.6. The van der Waals surface area contributed by atoms with Gasteiger partial charge in [-0.15, -0.1) is 0 Å². The van der Waals surface area contributed by atoms with Gasteiger partial charge >= 0.3 is 0 Å². The molecule has 1 aromatic heterocycles. The average Bonchev–Trinajstić information content (AvgIpc) is 2.95. The average molecular weight is 438 g/mol. The summed E-state index contributed by atoms with van der Waals surface area (Å²) in [5.41, 5.74) is 1.47. The van der Waals surface area contributed by atoms with Gasteiger partial charge in [0.15, 0.2) is 0 Å². The van der Waals surface area contributed by atoms with Crippen molar-refractivity contribution in [3.05, 3.63) is 45.3 Å². The first-order valence-electron chi connectivity index (χ1n) is 7.95. The third kappa shape index (κ3) is 3.45. The number of likely N-dealkylation sites (tertiary alicyclic amines) is 1. The second kappa shape index (κ2) is 7.33. The maximum absolute atomic E-state index is 12.8. The Morgan fingerprint density at radius 1 is 1.17 bits per heavy atom. The molecule has 0 spiro atoms. The van der Waals surface area contributed by atoms with Gasteiger partial charge < -0.3 is 10.2 Å². The summed E-state index contributed by atoms with van der Waals surface area (Å²) in [4.78, 5) is 27.2. The lowest BCUT2D eigenvalue weighted by molar-refractivity contribution is 0.0714. The largest absolute Gasteiger partial charge is 0.337 e. The minimum atomic E-state index is -0.235. The van der Waals surface area contributed by atoms with Crippen LogP contribution in [0.1, 0.15) is 40.1 Å². The lowest BCUT2D eigenvalue weighted by Gasteiger charge is -2.27. The highest BCUT2D eigenvalue weighted by Gasteiger charge is 2.25. The van der Waals surface area contributed by atoms with Crippen LogP contribution in [-0.2, 0) is 7.05 Å². The van der Waals surface area contributed by atoms with Gasteiger partial charge in [-0.1, -0.05) is 12.1 Å². The molecule has 0 bridgehead atoms. The molecule has 0 saturated carbocycles. The molecule has 6 nitrogen and oxygen atoms in total. The molecule has 3 rings (SSSR count). The van der Waals surface area contributed by atoms with Crippen molar-refractivity contribution in [2.75, 3.05) is 18.4 Å². The summed E-state index contributed by atoms with van der Waals surface area (Å²) in [5, 5.41) is 6.99. The van der Waals surface area contributed by atoms with E-state index in [4.69, 9.17) is 0 Å². The molecule has 1 saturated heterocycles. The predicted octanol–water partition coefficient (Wildman–Crippen LogP) is 2.90. The predicted molar refractivity (Wildman–Crippen MR) is 100 cm³/mol. The molecule has 126 valence electrons. The van der Waals surface area contributed by atoms with Gasteiger partial charge in [0, 0.05) is 23.7 Å². The number of aromatic nitrogens is 2. The van der Waals surface area contributed by atoms with Crippen molar-refractivity contribution < 1.29 is 9.59 Å². The zero-order chi connectivity index (χ0) is 17.1.